The molecular formula is C35H42F6O5. The summed E-state index contributed by atoms with van der Waals surface area (Å²) in [7, 11) is 0. The van der Waals surface area contributed by atoms with Crippen LogP contribution in [0.4, 0.5) is 26.3 Å². The average Bonchev–Trinajstić information content (AvgIpc) is 3.04. The van der Waals surface area contributed by atoms with Crippen molar-refractivity contribution >= 4 is 5.97 Å². The number of carbonyl (C=O) groups is 1. The van der Waals surface area contributed by atoms with Gasteiger partial charge in [0.2, 0.25) is 0 Å². The molecule has 0 unspecified atom stereocenters. The van der Waals surface area contributed by atoms with Gasteiger partial charge in [-0.25, -0.2) is 17.6 Å². The molecule has 46 heavy (non-hydrogen) atoms. The molecule has 0 spiro atoms. The van der Waals surface area contributed by atoms with E-state index in [-0.39, 0.29) is 55.5 Å². The largest absolute Gasteiger partial charge is 0.432 e. The lowest BCUT2D eigenvalue weighted by molar-refractivity contribution is -0.230. The summed E-state index contributed by atoms with van der Waals surface area (Å²) >= 11 is 0. The summed E-state index contributed by atoms with van der Waals surface area (Å²) in [6.07, 6.45) is 3.94. The lowest BCUT2D eigenvalue weighted by atomic mass is 9.78. The van der Waals surface area contributed by atoms with Gasteiger partial charge in [0.05, 0.1) is 25.0 Å². The Morgan fingerprint density at radius 1 is 0.826 bits per heavy atom. The van der Waals surface area contributed by atoms with Gasteiger partial charge < -0.3 is 18.9 Å². The molecule has 5 nitrogen and oxygen atoms in total. The van der Waals surface area contributed by atoms with E-state index < -0.39 is 47.0 Å². The molecule has 0 N–H and O–H groups in total. The molecule has 2 aliphatic carbocycles. The van der Waals surface area contributed by atoms with Crippen molar-refractivity contribution in [3.63, 3.8) is 0 Å². The molecule has 0 atom stereocenters. The summed E-state index contributed by atoms with van der Waals surface area (Å²) in [6.45, 7) is 3.61. The summed E-state index contributed by atoms with van der Waals surface area (Å²) in [6, 6.07) is 4.94. The Morgan fingerprint density at radius 3 is 2.07 bits per heavy atom. The second-order valence-corrected chi connectivity index (χ2v) is 13.0. The molecule has 1 heterocycles. The van der Waals surface area contributed by atoms with Gasteiger partial charge in [-0.2, -0.15) is 8.78 Å². The summed E-state index contributed by atoms with van der Waals surface area (Å²) in [5.41, 5.74) is 0.339. The molecule has 3 aliphatic rings. The Bertz CT molecular complexity index is 1290. The zero-order chi connectivity index (χ0) is 32.8. The van der Waals surface area contributed by atoms with Gasteiger partial charge in [0.25, 0.3) is 0 Å². The molecule has 3 fully saturated rings. The topological polar surface area (TPSA) is 54.0 Å². The van der Waals surface area contributed by atoms with Gasteiger partial charge in [-0.15, -0.1) is 0 Å². The summed E-state index contributed by atoms with van der Waals surface area (Å²) in [5.74, 6) is -7.99. The first-order chi connectivity index (χ1) is 22.0. The number of unbranched alkanes of at least 4 members (excludes halogenated alkanes) is 2. The third-order valence-corrected chi connectivity index (χ3v) is 9.74. The summed E-state index contributed by atoms with van der Waals surface area (Å²) < 4.78 is 107. The molecule has 2 aromatic carbocycles. The van der Waals surface area contributed by atoms with E-state index in [1.807, 2.05) is 0 Å². The highest BCUT2D eigenvalue weighted by Gasteiger charge is 2.45. The zero-order valence-electron chi connectivity index (χ0n) is 26.1. The van der Waals surface area contributed by atoms with Crippen molar-refractivity contribution in [1.82, 2.24) is 0 Å². The number of halogens is 6. The molecule has 0 bridgehead atoms. The molecular weight excluding hydrogens is 614 g/mol. The van der Waals surface area contributed by atoms with E-state index in [1.54, 1.807) is 0 Å². The van der Waals surface area contributed by atoms with Crippen LogP contribution in [0.25, 0.3) is 0 Å². The van der Waals surface area contributed by atoms with Crippen LogP contribution in [0.2, 0.25) is 0 Å². The highest BCUT2D eigenvalue weighted by molar-refractivity contribution is 5.75. The number of benzene rings is 2. The third-order valence-electron chi connectivity index (χ3n) is 9.74. The van der Waals surface area contributed by atoms with E-state index in [4.69, 9.17) is 14.2 Å². The molecule has 5 rings (SSSR count). The third kappa shape index (κ3) is 8.56. The number of rotatable bonds is 11. The predicted molar refractivity (Wildman–Crippen MR) is 157 cm³/mol. The summed E-state index contributed by atoms with van der Waals surface area (Å²) in [5, 5.41) is 0. The number of alkyl halides is 2. The smallest absolute Gasteiger partial charge is 0.400 e. The van der Waals surface area contributed by atoms with Gasteiger partial charge in [0.1, 0.15) is 17.3 Å². The quantitative estimate of drug-likeness (QED) is 0.0793. The van der Waals surface area contributed by atoms with Crippen molar-refractivity contribution in [1.29, 1.82) is 0 Å². The second-order valence-electron chi connectivity index (χ2n) is 13.0. The first-order valence-corrected chi connectivity index (χ1v) is 16.5. The minimum atomic E-state index is -3.76. The van der Waals surface area contributed by atoms with Crippen molar-refractivity contribution in [2.45, 2.75) is 102 Å². The molecule has 0 amide bonds. The lowest BCUT2D eigenvalue weighted by Gasteiger charge is -2.37. The van der Waals surface area contributed by atoms with Gasteiger partial charge in [-0.3, -0.25) is 4.79 Å². The fourth-order valence-corrected chi connectivity index (χ4v) is 6.98. The van der Waals surface area contributed by atoms with Crippen molar-refractivity contribution < 1.29 is 50.1 Å². The highest BCUT2D eigenvalue weighted by atomic mass is 19.3. The van der Waals surface area contributed by atoms with Crippen LogP contribution in [0.3, 0.4) is 0 Å². The number of esters is 1. The maximum Gasteiger partial charge on any atom is 0.400 e. The van der Waals surface area contributed by atoms with Gasteiger partial charge >= 0.3 is 12.1 Å². The molecule has 0 aromatic heterocycles. The van der Waals surface area contributed by atoms with Gasteiger partial charge in [-0.1, -0.05) is 32.3 Å². The Labute approximate surface area is 265 Å². The fourth-order valence-electron chi connectivity index (χ4n) is 6.98. The Balaban J connectivity index is 1.06. The zero-order valence-corrected chi connectivity index (χ0v) is 26.1. The van der Waals surface area contributed by atoms with Gasteiger partial charge in [-0.05, 0) is 75.3 Å². The van der Waals surface area contributed by atoms with E-state index >= 15 is 4.39 Å². The number of hydrogen-bond donors (Lipinski definition) is 0. The summed E-state index contributed by atoms with van der Waals surface area (Å²) in [4.78, 5) is 12.9. The van der Waals surface area contributed by atoms with Crippen molar-refractivity contribution in [3.8, 4) is 11.5 Å². The Morgan fingerprint density at radius 2 is 1.46 bits per heavy atom. The highest BCUT2D eigenvalue weighted by Crippen LogP contribution is 2.44. The van der Waals surface area contributed by atoms with E-state index in [1.165, 1.54) is 31.4 Å². The first-order valence-electron chi connectivity index (χ1n) is 16.5. The monoisotopic (exact) mass is 656 g/mol. The average molecular weight is 657 g/mol. The van der Waals surface area contributed by atoms with E-state index in [9.17, 15) is 26.7 Å². The van der Waals surface area contributed by atoms with Crippen molar-refractivity contribution in [2.24, 2.45) is 23.7 Å². The van der Waals surface area contributed by atoms with E-state index in [0.717, 1.165) is 25.3 Å². The standard InChI is InChI=1S/C35H42F6O5/c1-2-3-4-5-21-19-43-34(44-20-21)24-8-6-23(7-9-24)33(42)45-26-14-15-28(29(36)16-26)22-10-12-25(13-11-22)35(40,41)46-27-17-30(37)32(39)31(38)18-27/h14-18,21-25,34H,2-13,19-20H2,1H3. The SMILES string of the molecule is CCCCCC1COC(C2CCC(C(=O)Oc3ccc(C4CCC(C(F)(F)Oc5cc(F)c(F)c(F)c5)CC4)c(F)c3)CC2)OC1. The van der Waals surface area contributed by atoms with E-state index in [0.29, 0.717) is 49.7 Å². The minimum Gasteiger partial charge on any atom is -0.432 e. The molecule has 2 saturated carbocycles. The first kappa shape index (κ1) is 34.5. The molecule has 254 valence electrons. The van der Waals surface area contributed by atoms with Crippen molar-refractivity contribution in [2.75, 3.05) is 13.2 Å². The maximum atomic E-state index is 15.1. The molecule has 1 saturated heterocycles. The number of carbonyl (C=O) groups excluding carboxylic acids is 1. The molecule has 0 radical (unpaired) electrons. The molecule has 2 aromatic rings. The van der Waals surface area contributed by atoms with E-state index in [2.05, 4.69) is 11.7 Å². The van der Waals surface area contributed by atoms with Crippen LogP contribution in [0.5, 0.6) is 11.5 Å². The van der Waals surface area contributed by atoms with Crippen LogP contribution < -0.4 is 9.47 Å². The fraction of sp³-hybridized carbons (Fsp3) is 0.629. The Hall–Kier alpha value is -2.79. The maximum absolute atomic E-state index is 15.1. The second kappa shape index (κ2) is 15.4. The Kier molecular flexibility index (Phi) is 11.6. The molecule has 11 heteroatoms. The number of hydrogen-bond acceptors (Lipinski definition) is 5. The van der Waals surface area contributed by atoms with Gasteiger partial charge in [0, 0.05) is 30.0 Å². The van der Waals surface area contributed by atoms with Crippen molar-refractivity contribution in [3.05, 3.63) is 59.2 Å². The van der Waals surface area contributed by atoms with Crippen LogP contribution in [-0.2, 0) is 14.3 Å². The van der Waals surface area contributed by atoms with Crippen LogP contribution in [-0.4, -0.2) is 31.6 Å². The minimum absolute atomic E-state index is 0.0286. The van der Waals surface area contributed by atoms with Crippen LogP contribution in [0, 0.1) is 46.9 Å². The van der Waals surface area contributed by atoms with Crippen LogP contribution >= 0.6 is 0 Å². The lowest BCUT2D eigenvalue weighted by Crippen LogP contribution is -2.39. The molecule has 1 aliphatic heterocycles. The predicted octanol–water partition coefficient (Wildman–Crippen LogP) is 9.47. The van der Waals surface area contributed by atoms with Crippen LogP contribution in [0.15, 0.2) is 30.3 Å². The van der Waals surface area contributed by atoms with Gasteiger partial charge in [0.15, 0.2) is 23.7 Å². The number of ether oxygens (including phenoxy) is 4. The normalized spacial score (nSPS) is 27.3. The van der Waals surface area contributed by atoms with Crippen LogP contribution in [0.1, 0.15) is 95.5 Å².